The molecular formula is C29H28Cl2N2O2S. The molecule has 4 saturated carbocycles. The van der Waals surface area contributed by atoms with Crippen LogP contribution in [-0.2, 0) is 16.8 Å². The van der Waals surface area contributed by atoms with Crippen molar-refractivity contribution in [1.29, 1.82) is 0 Å². The molecule has 0 unspecified atom stereocenters. The van der Waals surface area contributed by atoms with Gasteiger partial charge in [-0.3, -0.25) is 0 Å². The second-order valence-electron chi connectivity index (χ2n) is 11.0. The van der Waals surface area contributed by atoms with Crippen molar-refractivity contribution in [1.82, 2.24) is 10.1 Å². The van der Waals surface area contributed by atoms with Gasteiger partial charge in [0.2, 0.25) is 0 Å². The van der Waals surface area contributed by atoms with Crippen LogP contribution in [-0.4, -0.2) is 16.7 Å². The molecule has 4 aliphatic carbocycles. The molecule has 4 aromatic rings. The van der Waals surface area contributed by atoms with Crippen LogP contribution in [0.3, 0.4) is 0 Å². The zero-order chi connectivity index (χ0) is 24.3. The first kappa shape index (κ1) is 23.2. The fourth-order valence-electron chi connectivity index (χ4n) is 6.32. The highest BCUT2D eigenvalue weighted by molar-refractivity contribution is 7.18. The van der Waals surface area contributed by atoms with Crippen molar-refractivity contribution < 1.29 is 9.26 Å². The van der Waals surface area contributed by atoms with Crippen molar-refractivity contribution in [3.63, 3.8) is 0 Å². The van der Waals surface area contributed by atoms with Crippen LogP contribution < -0.4 is 0 Å². The Hall–Kier alpha value is -1.92. The third kappa shape index (κ3) is 3.91. The van der Waals surface area contributed by atoms with Crippen LogP contribution in [0.25, 0.3) is 21.5 Å². The van der Waals surface area contributed by atoms with Gasteiger partial charge in [0.05, 0.1) is 38.5 Å². The number of nitrogens with zero attached hydrogens (tertiary/aromatic N) is 2. The lowest BCUT2D eigenvalue weighted by atomic mass is 9.54. The minimum atomic E-state index is 0.257. The van der Waals surface area contributed by atoms with Gasteiger partial charge in [-0.05, 0) is 81.0 Å². The molecule has 4 fully saturated rings. The first-order valence-corrected chi connectivity index (χ1v) is 14.5. The lowest BCUT2D eigenvalue weighted by Crippen LogP contribution is -2.46. The maximum atomic E-state index is 6.52. The summed E-state index contributed by atoms with van der Waals surface area (Å²) in [7, 11) is 0. The molecule has 2 heterocycles. The van der Waals surface area contributed by atoms with Gasteiger partial charge < -0.3 is 9.26 Å². The quantitative estimate of drug-likeness (QED) is 0.235. The van der Waals surface area contributed by atoms with Gasteiger partial charge in [0, 0.05) is 22.5 Å². The predicted molar refractivity (Wildman–Crippen MR) is 145 cm³/mol. The summed E-state index contributed by atoms with van der Waals surface area (Å²) < 4.78 is 13.6. The number of ether oxygens (including phenoxy) is 1. The summed E-state index contributed by atoms with van der Waals surface area (Å²) >= 11 is 14.9. The van der Waals surface area contributed by atoms with Gasteiger partial charge in [0.1, 0.15) is 11.5 Å². The summed E-state index contributed by atoms with van der Waals surface area (Å²) in [4.78, 5) is 5.06. The molecule has 0 amide bonds. The summed E-state index contributed by atoms with van der Waals surface area (Å²) in [6, 6.07) is 14.1. The summed E-state index contributed by atoms with van der Waals surface area (Å²) in [5, 5.41) is 6.93. The van der Waals surface area contributed by atoms with E-state index in [-0.39, 0.29) is 10.8 Å². The highest BCUT2D eigenvalue weighted by atomic mass is 35.5. The van der Waals surface area contributed by atoms with E-state index in [0.29, 0.717) is 22.6 Å². The summed E-state index contributed by atoms with van der Waals surface area (Å²) in [6.07, 6.45) is 9.48. The molecule has 8 rings (SSSR count). The molecule has 0 radical (unpaired) electrons. The van der Waals surface area contributed by atoms with Gasteiger partial charge in [-0.2, -0.15) is 0 Å². The Labute approximate surface area is 224 Å². The second kappa shape index (κ2) is 8.83. The SMILES string of the molecule is Clc1cccc(Cl)c1-c1noc(C2CC2)c1COCC12CCC(c3nc4ccccc4s3)(CC1)CC2. The molecule has 4 nitrogen and oxygen atoms in total. The number of para-hydroxylation sites is 1. The molecule has 0 spiro atoms. The monoisotopic (exact) mass is 538 g/mol. The highest BCUT2D eigenvalue weighted by Crippen LogP contribution is 2.58. The average molecular weight is 540 g/mol. The Balaban J connectivity index is 1.07. The molecule has 2 bridgehead atoms. The van der Waals surface area contributed by atoms with Crippen molar-refractivity contribution in [2.75, 3.05) is 6.61 Å². The third-order valence-electron chi connectivity index (χ3n) is 8.77. The van der Waals surface area contributed by atoms with E-state index >= 15 is 0 Å². The zero-order valence-electron chi connectivity index (χ0n) is 20.1. The Morgan fingerprint density at radius 1 is 0.944 bits per heavy atom. The van der Waals surface area contributed by atoms with E-state index in [9.17, 15) is 0 Å². The number of hydrogen-bond acceptors (Lipinski definition) is 5. The lowest BCUT2D eigenvalue weighted by Gasteiger charge is -2.52. The maximum Gasteiger partial charge on any atom is 0.145 e. The number of rotatable bonds is 7. The predicted octanol–water partition coefficient (Wildman–Crippen LogP) is 8.94. The van der Waals surface area contributed by atoms with E-state index in [1.807, 2.05) is 29.5 Å². The van der Waals surface area contributed by atoms with E-state index in [1.54, 1.807) is 0 Å². The number of aromatic nitrogens is 2. The number of fused-ring (bicyclic) bond motifs is 4. The van der Waals surface area contributed by atoms with Gasteiger partial charge in [-0.15, -0.1) is 11.3 Å². The molecule has 0 aliphatic heterocycles. The molecule has 0 saturated heterocycles. The van der Waals surface area contributed by atoms with Crippen molar-refractivity contribution in [3.8, 4) is 11.3 Å². The Morgan fingerprint density at radius 2 is 1.67 bits per heavy atom. The molecule has 4 aliphatic rings. The fourth-order valence-corrected chi connectivity index (χ4v) is 8.13. The Kier molecular flexibility index (Phi) is 5.70. The Morgan fingerprint density at radius 3 is 2.36 bits per heavy atom. The van der Waals surface area contributed by atoms with Gasteiger partial charge in [0.15, 0.2) is 0 Å². The second-order valence-corrected chi connectivity index (χ2v) is 12.8. The van der Waals surface area contributed by atoms with Crippen LogP contribution in [0.15, 0.2) is 47.0 Å². The molecule has 186 valence electrons. The van der Waals surface area contributed by atoms with E-state index in [1.165, 1.54) is 48.2 Å². The lowest BCUT2D eigenvalue weighted by molar-refractivity contribution is -0.0433. The van der Waals surface area contributed by atoms with E-state index < -0.39 is 0 Å². The molecular weight excluding hydrogens is 511 g/mol. The first-order chi connectivity index (χ1) is 17.6. The molecule has 2 aromatic carbocycles. The van der Waals surface area contributed by atoms with Crippen LogP contribution in [0, 0.1) is 5.41 Å². The minimum absolute atomic E-state index is 0.257. The summed E-state index contributed by atoms with van der Waals surface area (Å²) in [6.45, 7) is 1.25. The highest BCUT2D eigenvalue weighted by Gasteiger charge is 2.51. The fraction of sp³-hybridized carbons (Fsp3) is 0.448. The number of hydrogen-bond donors (Lipinski definition) is 0. The summed E-state index contributed by atoms with van der Waals surface area (Å²) in [5.74, 6) is 1.38. The van der Waals surface area contributed by atoms with Crippen molar-refractivity contribution in [2.45, 2.75) is 69.3 Å². The maximum absolute atomic E-state index is 6.52. The Bertz CT molecular complexity index is 1360. The van der Waals surface area contributed by atoms with Crippen LogP contribution in [0.4, 0.5) is 0 Å². The molecule has 36 heavy (non-hydrogen) atoms. The van der Waals surface area contributed by atoms with Crippen molar-refractivity contribution in [3.05, 3.63) is 68.8 Å². The van der Waals surface area contributed by atoms with Crippen LogP contribution in [0.2, 0.25) is 10.0 Å². The van der Waals surface area contributed by atoms with Crippen LogP contribution >= 0.6 is 34.5 Å². The van der Waals surface area contributed by atoms with Gasteiger partial charge >= 0.3 is 0 Å². The normalized spacial score (nSPS) is 25.6. The molecule has 2 aromatic heterocycles. The van der Waals surface area contributed by atoms with E-state index in [0.717, 1.165) is 47.5 Å². The van der Waals surface area contributed by atoms with Crippen LogP contribution in [0.5, 0.6) is 0 Å². The summed E-state index contributed by atoms with van der Waals surface area (Å²) in [5.41, 5.74) is 4.15. The third-order valence-corrected chi connectivity index (χ3v) is 10.7. The largest absolute Gasteiger partial charge is 0.376 e. The van der Waals surface area contributed by atoms with E-state index in [2.05, 4.69) is 29.4 Å². The van der Waals surface area contributed by atoms with Gasteiger partial charge in [0.25, 0.3) is 0 Å². The zero-order valence-corrected chi connectivity index (χ0v) is 22.4. The number of benzene rings is 2. The topological polar surface area (TPSA) is 48.2 Å². The van der Waals surface area contributed by atoms with E-state index in [4.69, 9.17) is 37.4 Å². The molecule has 0 atom stereocenters. The van der Waals surface area contributed by atoms with Crippen LogP contribution in [0.1, 0.15) is 73.6 Å². The molecule has 0 N–H and O–H groups in total. The minimum Gasteiger partial charge on any atom is -0.376 e. The molecule has 7 heteroatoms. The standard InChI is InChI=1S/C29H28Cl2N2O2S/c30-20-4-3-5-21(31)24(20)25-19(26(35-33-25)18-8-9-18)16-34-17-28-10-13-29(14-11-28,15-12-28)27-32-22-6-1-2-7-23(22)36-27/h1-7,18H,8-17H2. The first-order valence-electron chi connectivity index (χ1n) is 12.9. The van der Waals surface area contributed by atoms with Crippen molar-refractivity contribution in [2.24, 2.45) is 5.41 Å². The number of halogens is 2. The average Bonchev–Trinajstić information content (AvgIpc) is 3.51. The number of thiazole rings is 1. The van der Waals surface area contributed by atoms with Gasteiger partial charge in [-0.1, -0.05) is 46.6 Å². The van der Waals surface area contributed by atoms with Gasteiger partial charge in [-0.25, -0.2) is 4.98 Å². The van der Waals surface area contributed by atoms with Crippen molar-refractivity contribution >= 4 is 44.8 Å². The smallest absolute Gasteiger partial charge is 0.145 e.